The zero-order valence-corrected chi connectivity index (χ0v) is 10.6. The molecule has 2 aromatic rings. The number of halogens is 2. The quantitative estimate of drug-likeness (QED) is 0.906. The second kappa shape index (κ2) is 5.32. The zero-order valence-electron chi connectivity index (χ0n) is 8.98. The first-order valence-electron chi connectivity index (χ1n) is 4.93. The van der Waals surface area contributed by atoms with E-state index in [1.807, 2.05) is 0 Å². The number of thiazole rings is 1. The lowest BCUT2D eigenvalue weighted by Crippen LogP contribution is -2.06. The van der Waals surface area contributed by atoms with E-state index in [1.165, 1.54) is 17.4 Å². The summed E-state index contributed by atoms with van der Waals surface area (Å²) in [7, 11) is 0. The van der Waals surface area contributed by atoms with Crippen molar-refractivity contribution in [3.8, 4) is 0 Å². The van der Waals surface area contributed by atoms with Crippen molar-refractivity contribution in [2.45, 2.75) is 6.54 Å². The number of hydrogen-bond acceptors (Lipinski definition) is 4. The molecule has 0 spiro atoms. The van der Waals surface area contributed by atoms with Crippen molar-refractivity contribution in [3.63, 3.8) is 0 Å². The van der Waals surface area contributed by atoms with Crippen LogP contribution in [0.25, 0.3) is 0 Å². The number of carbonyl (C=O) groups is 1. The van der Waals surface area contributed by atoms with Gasteiger partial charge in [-0.05, 0) is 18.2 Å². The van der Waals surface area contributed by atoms with Crippen LogP contribution in [0.3, 0.4) is 0 Å². The lowest BCUT2D eigenvalue weighted by Gasteiger charge is -2.08. The van der Waals surface area contributed by atoms with Crippen LogP contribution in [0.5, 0.6) is 0 Å². The molecule has 0 saturated carbocycles. The molecule has 0 aliphatic rings. The largest absolute Gasteiger partial charge is 0.478 e. The van der Waals surface area contributed by atoms with Gasteiger partial charge in [0.2, 0.25) is 0 Å². The van der Waals surface area contributed by atoms with Crippen LogP contribution in [0.4, 0.5) is 10.1 Å². The van der Waals surface area contributed by atoms with Crippen molar-refractivity contribution in [2.75, 3.05) is 5.32 Å². The van der Waals surface area contributed by atoms with Gasteiger partial charge in [-0.15, -0.1) is 11.3 Å². The topological polar surface area (TPSA) is 62.2 Å². The molecular weight excluding hydrogens is 279 g/mol. The number of rotatable bonds is 4. The maximum atomic E-state index is 13.1. The molecule has 0 atom stereocenters. The Morgan fingerprint density at radius 1 is 1.56 bits per heavy atom. The molecule has 1 aromatic carbocycles. The van der Waals surface area contributed by atoms with E-state index in [1.54, 1.807) is 6.20 Å². The van der Waals surface area contributed by atoms with Crippen LogP contribution in [0.2, 0.25) is 4.47 Å². The Bertz CT molecular complexity index is 588. The number of aromatic carboxylic acids is 1. The Hall–Kier alpha value is -1.66. The number of carboxylic acid groups (broad SMARTS) is 1. The Balaban J connectivity index is 2.17. The molecule has 18 heavy (non-hydrogen) atoms. The van der Waals surface area contributed by atoms with Crippen molar-refractivity contribution in [1.29, 1.82) is 0 Å². The lowest BCUT2D eigenvalue weighted by molar-refractivity contribution is 0.0698. The predicted octanol–water partition coefficient (Wildman–Crippen LogP) is 3.25. The average molecular weight is 287 g/mol. The number of carboxylic acids is 1. The Morgan fingerprint density at radius 3 is 2.94 bits per heavy atom. The number of anilines is 1. The van der Waals surface area contributed by atoms with Gasteiger partial charge >= 0.3 is 5.97 Å². The van der Waals surface area contributed by atoms with Gasteiger partial charge in [-0.1, -0.05) is 11.6 Å². The van der Waals surface area contributed by atoms with E-state index < -0.39 is 11.8 Å². The van der Waals surface area contributed by atoms with Gasteiger partial charge in [-0.2, -0.15) is 0 Å². The molecule has 0 bridgehead atoms. The molecule has 4 nitrogen and oxygen atoms in total. The first-order valence-corrected chi connectivity index (χ1v) is 6.12. The summed E-state index contributed by atoms with van der Waals surface area (Å²) in [5.41, 5.74) is 0.249. The molecule has 2 N–H and O–H groups in total. The van der Waals surface area contributed by atoms with Gasteiger partial charge in [0.25, 0.3) is 0 Å². The smallest absolute Gasteiger partial charge is 0.337 e. The average Bonchev–Trinajstić information content (AvgIpc) is 2.72. The third-order valence-corrected chi connectivity index (χ3v) is 3.31. The van der Waals surface area contributed by atoms with Gasteiger partial charge < -0.3 is 10.4 Å². The minimum absolute atomic E-state index is 0.0204. The molecule has 0 saturated heterocycles. The summed E-state index contributed by atoms with van der Waals surface area (Å²) in [6.45, 7) is 0.341. The fraction of sp³-hybridized carbons (Fsp3) is 0.0909. The molecule has 1 heterocycles. The number of hydrogen-bond donors (Lipinski definition) is 2. The molecule has 94 valence electrons. The highest BCUT2D eigenvalue weighted by molar-refractivity contribution is 7.15. The standard InChI is InChI=1S/C11H8ClFN2O2S/c12-11-15-5-7(18-11)4-14-9-3-6(13)1-2-8(9)10(16)17/h1-3,5,14H,4H2,(H,16,17). The normalized spacial score (nSPS) is 10.3. The fourth-order valence-electron chi connectivity index (χ4n) is 1.40. The summed E-state index contributed by atoms with van der Waals surface area (Å²) in [6.07, 6.45) is 1.58. The number of benzene rings is 1. The van der Waals surface area contributed by atoms with Gasteiger partial charge in [0.1, 0.15) is 5.82 Å². The molecule has 1 aromatic heterocycles. The fourth-order valence-corrected chi connectivity index (χ4v) is 2.31. The molecule has 0 aliphatic heterocycles. The maximum absolute atomic E-state index is 13.1. The molecule has 0 aliphatic carbocycles. The maximum Gasteiger partial charge on any atom is 0.337 e. The van der Waals surface area contributed by atoms with Crippen LogP contribution >= 0.6 is 22.9 Å². The highest BCUT2D eigenvalue weighted by Gasteiger charge is 2.11. The van der Waals surface area contributed by atoms with Gasteiger partial charge in [-0.25, -0.2) is 14.2 Å². The van der Waals surface area contributed by atoms with Gasteiger partial charge in [0.15, 0.2) is 4.47 Å². The lowest BCUT2D eigenvalue weighted by atomic mass is 10.1. The summed E-state index contributed by atoms with van der Waals surface area (Å²) in [6, 6.07) is 3.48. The van der Waals surface area contributed by atoms with E-state index in [0.717, 1.165) is 17.0 Å². The van der Waals surface area contributed by atoms with Crippen molar-refractivity contribution in [2.24, 2.45) is 0 Å². The van der Waals surface area contributed by atoms with Gasteiger partial charge in [0.05, 0.1) is 17.8 Å². The molecular formula is C11H8ClFN2O2S. The molecule has 0 radical (unpaired) electrons. The Morgan fingerprint density at radius 2 is 2.33 bits per heavy atom. The minimum atomic E-state index is -1.11. The summed E-state index contributed by atoms with van der Waals surface area (Å²) >= 11 is 6.95. The molecule has 2 rings (SSSR count). The van der Waals surface area contributed by atoms with E-state index in [4.69, 9.17) is 16.7 Å². The zero-order chi connectivity index (χ0) is 13.1. The van der Waals surface area contributed by atoms with Gasteiger partial charge in [-0.3, -0.25) is 0 Å². The highest BCUT2D eigenvalue weighted by atomic mass is 35.5. The van der Waals surface area contributed by atoms with Crippen LogP contribution in [0.15, 0.2) is 24.4 Å². The van der Waals surface area contributed by atoms with E-state index in [-0.39, 0.29) is 11.3 Å². The summed E-state index contributed by atoms with van der Waals surface area (Å²) in [5, 5.41) is 11.8. The van der Waals surface area contributed by atoms with Crippen LogP contribution in [-0.4, -0.2) is 16.1 Å². The van der Waals surface area contributed by atoms with Crippen LogP contribution in [-0.2, 0) is 6.54 Å². The monoisotopic (exact) mass is 286 g/mol. The second-order valence-electron chi connectivity index (χ2n) is 3.43. The third-order valence-electron chi connectivity index (χ3n) is 2.19. The van der Waals surface area contributed by atoms with Crippen molar-refractivity contribution in [1.82, 2.24) is 4.98 Å². The Labute approximate surface area is 111 Å². The van der Waals surface area contributed by atoms with E-state index >= 15 is 0 Å². The molecule has 0 unspecified atom stereocenters. The first-order chi connectivity index (χ1) is 8.56. The van der Waals surface area contributed by atoms with Gasteiger partial charge in [0, 0.05) is 11.1 Å². The number of aromatic nitrogens is 1. The van der Waals surface area contributed by atoms with Crippen LogP contribution in [0.1, 0.15) is 15.2 Å². The first kappa shape index (κ1) is 12.8. The van der Waals surface area contributed by atoms with Crippen LogP contribution in [0, 0.1) is 5.82 Å². The number of nitrogens with zero attached hydrogens (tertiary/aromatic N) is 1. The second-order valence-corrected chi connectivity index (χ2v) is 5.13. The molecule has 0 amide bonds. The SMILES string of the molecule is O=C(O)c1ccc(F)cc1NCc1cnc(Cl)s1. The third kappa shape index (κ3) is 2.96. The Kier molecular flexibility index (Phi) is 3.78. The van der Waals surface area contributed by atoms with Crippen LogP contribution < -0.4 is 5.32 Å². The minimum Gasteiger partial charge on any atom is -0.478 e. The van der Waals surface area contributed by atoms with Crippen molar-refractivity contribution in [3.05, 3.63) is 45.1 Å². The summed E-state index contributed by atoms with van der Waals surface area (Å²) in [5.74, 6) is -1.61. The highest BCUT2D eigenvalue weighted by Crippen LogP contribution is 2.21. The summed E-state index contributed by atoms with van der Waals surface area (Å²) < 4.78 is 13.5. The van der Waals surface area contributed by atoms with E-state index in [9.17, 15) is 9.18 Å². The molecule has 7 heteroatoms. The van der Waals surface area contributed by atoms with Crippen molar-refractivity contribution < 1.29 is 14.3 Å². The predicted molar refractivity (Wildman–Crippen MR) is 67.8 cm³/mol. The van der Waals surface area contributed by atoms with E-state index in [0.29, 0.717) is 11.0 Å². The number of nitrogens with one attached hydrogen (secondary N) is 1. The van der Waals surface area contributed by atoms with Crippen molar-refractivity contribution >= 4 is 34.6 Å². The molecule has 0 fully saturated rings. The summed E-state index contributed by atoms with van der Waals surface area (Å²) in [4.78, 5) is 15.6. The van der Waals surface area contributed by atoms with E-state index in [2.05, 4.69) is 10.3 Å².